The third-order valence-corrected chi connectivity index (χ3v) is 0.680. The number of rotatable bonds is 0. The van der Waals surface area contributed by atoms with E-state index in [9.17, 15) is 0 Å². The molecule has 1 fully saturated rings. The second-order valence-electron chi connectivity index (χ2n) is 1.17. The maximum absolute atomic E-state index is 4.76. The third kappa shape index (κ3) is 0.931. The summed E-state index contributed by atoms with van der Waals surface area (Å²) in [5.41, 5.74) is 2.67. The van der Waals surface area contributed by atoms with Gasteiger partial charge in [-0.15, -0.1) is 0 Å². The number of hydrogen-bond acceptors (Lipinski definition) is 3. The Labute approximate surface area is 36.6 Å². The Hall–Kier alpha value is -0.120. The predicted molar refractivity (Wildman–Crippen MR) is 22.0 cm³/mol. The van der Waals surface area contributed by atoms with Gasteiger partial charge in [0.25, 0.3) is 0 Å². The molecule has 0 aliphatic carbocycles. The van der Waals surface area contributed by atoms with E-state index in [1.807, 2.05) is 0 Å². The van der Waals surface area contributed by atoms with Crippen LogP contribution in [-0.4, -0.2) is 19.8 Å². The van der Waals surface area contributed by atoms with Gasteiger partial charge in [0.05, 0.1) is 13.3 Å². The molecule has 0 aromatic carbocycles. The van der Waals surface area contributed by atoms with Crippen LogP contribution < -0.4 is 10.8 Å². The smallest absolute Gasteiger partial charge is 0.0807 e. The summed E-state index contributed by atoms with van der Waals surface area (Å²) in [5.74, 6) is 0. The first-order chi connectivity index (χ1) is 3.00. The molecule has 1 aliphatic heterocycles. The van der Waals surface area contributed by atoms with Crippen molar-refractivity contribution in [2.45, 2.75) is 0 Å². The van der Waals surface area contributed by atoms with Gasteiger partial charge in [-0.1, -0.05) is 0 Å². The van der Waals surface area contributed by atoms with Crippen molar-refractivity contribution in [2.24, 2.45) is 0 Å². The SMILES string of the molecule is C1CONCN1. The molecule has 36 valence electrons. The van der Waals surface area contributed by atoms with Gasteiger partial charge in [0, 0.05) is 6.54 Å². The molecule has 0 unspecified atom stereocenters. The molecule has 0 atom stereocenters. The summed E-state index contributed by atoms with van der Waals surface area (Å²) in [4.78, 5) is 4.76. The van der Waals surface area contributed by atoms with Crippen molar-refractivity contribution in [3.63, 3.8) is 0 Å². The standard InChI is InChI=1S/C3H8N2O/c1-2-6-5-3-4-1/h4-5H,1-3H2. The average molecular weight is 88.1 g/mol. The Balaban J connectivity index is 2.00. The van der Waals surface area contributed by atoms with Crippen LogP contribution in [0.25, 0.3) is 0 Å². The summed E-state index contributed by atoms with van der Waals surface area (Å²) >= 11 is 0. The van der Waals surface area contributed by atoms with E-state index in [-0.39, 0.29) is 0 Å². The summed E-state index contributed by atoms with van der Waals surface area (Å²) in [7, 11) is 0. The second-order valence-corrected chi connectivity index (χ2v) is 1.17. The lowest BCUT2D eigenvalue weighted by Crippen LogP contribution is -2.38. The van der Waals surface area contributed by atoms with Crippen molar-refractivity contribution in [1.29, 1.82) is 0 Å². The second kappa shape index (κ2) is 2.12. The van der Waals surface area contributed by atoms with Crippen molar-refractivity contribution < 1.29 is 4.84 Å². The fraction of sp³-hybridized carbons (Fsp3) is 1.00. The summed E-state index contributed by atoms with van der Waals surface area (Å²) < 4.78 is 0. The Kier molecular flexibility index (Phi) is 1.43. The summed E-state index contributed by atoms with van der Waals surface area (Å²) in [6, 6.07) is 0. The van der Waals surface area contributed by atoms with Gasteiger partial charge >= 0.3 is 0 Å². The fourth-order valence-corrected chi connectivity index (χ4v) is 0.386. The molecule has 0 saturated carbocycles. The third-order valence-electron chi connectivity index (χ3n) is 0.680. The van der Waals surface area contributed by atoms with Crippen LogP contribution in [0.3, 0.4) is 0 Å². The maximum atomic E-state index is 4.76. The minimum Gasteiger partial charge on any atom is -0.300 e. The molecule has 1 aliphatic rings. The van der Waals surface area contributed by atoms with Gasteiger partial charge in [-0.05, 0) is 0 Å². The Bertz CT molecular complexity index is 24.3. The molecular formula is C3H8N2O. The quantitative estimate of drug-likeness (QED) is 0.401. The molecule has 1 saturated heterocycles. The minimum atomic E-state index is 0.778. The van der Waals surface area contributed by atoms with Crippen LogP contribution in [0.4, 0.5) is 0 Å². The lowest BCUT2D eigenvalue weighted by molar-refractivity contribution is 0.0115. The van der Waals surface area contributed by atoms with Gasteiger partial charge < -0.3 is 5.32 Å². The molecule has 3 nitrogen and oxygen atoms in total. The molecule has 0 bridgehead atoms. The zero-order chi connectivity index (χ0) is 4.24. The lowest BCUT2D eigenvalue weighted by Gasteiger charge is -2.11. The van der Waals surface area contributed by atoms with Crippen molar-refractivity contribution >= 4 is 0 Å². The lowest BCUT2D eigenvalue weighted by atomic mass is 10.7. The molecule has 0 radical (unpaired) electrons. The molecule has 6 heavy (non-hydrogen) atoms. The van der Waals surface area contributed by atoms with Crippen molar-refractivity contribution in [3.05, 3.63) is 0 Å². The highest BCUT2D eigenvalue weighted by atomic mass is 16.6. The van der Waals surface area contributed by atoms with Crippen LogP contribution in [0.15, 0.2) is 0 Å². The predicted octanol–water partition coefficient (Wildman–Crippen LogP) is -0.932. The van der Waals surface area contributed by atoms with E-state index in [1.165, 1.54) is 0 Å². The van der Waals surface area contributed by atoms with Gasteiger partial charge in [-0.3, -0.25) is 4.84 Å². The molecule has 0 amide bonds. The van der Waals surface area contributed by atoms with E-state index >= 15 is 0 Å². The highest BCUT2D eigenvalue weighted by Crippen LogP contribution is 1.68. The summed E-state index contributed by atoms with van der Waals surface area (Å²) in [5, 5.41) is 3.05. The van der Waals surface area contributed by atoms with Gasteiger partial charge in [0.2, 0.25) is 0 Å². The Morgan fingerprint density at radius 3 is 2.67 bits per heavy atom. The molecule has 0 spiro atoms. The molecular weight excluding hydrogens is 80.0 g/mol. The maximum Gasteiger partial charge on any atom is 0.0807 e. The largest absolute Gasteiger partial charge is 0.300 e. The monoisotopic (exact) mass is 88.1 g/mol. The Morgan fingerprint density at radius 2 is 2.50 bits per heavy atom. The van der Waals surface area contributed by atoms with Gasteiger partial charge in [-0.2, -0.15) is 5.48 Å². The van der Waals surface area contributed by atoms with E-state index in [1.54, 1.807) is 0 Å². The van der Waals surface area contributed by atoms with E-state index in [0.717, 1.165) is 19.8 Å². The fourth-order valence-electron chi connectivity index (χ4n) is 0.386. The van der Waals surface area contributed by atoms with E-state index in [2.05, 4.69) is 10.8 Å². The number of nitrogens with one attached hydrogen (secondary N) is 2. The van der Waals surface area contributed by atoms with Crippen LogP contribution in [0.2, 0.25) is 0 Å². The van der Waals surface area contributed by atoms with Gasteiger partial charge in [-0.25, -0.2) is 0 Å². The molecule has 0 aromatic rings. The molecule has 2 N–H and O–H groups in total. The van der Waals surface area contributed by atoms with Gasteiger partial charge in [0.1, 0.15) is 0 Å². The molecule has 1 rings (SSSR count). The van der Waals surface area contributed by atoms with Crippen LogP contribution in [0.5, 0.6) is 0 Å². The van der Waals surface area contributed by atoms with Crippen LogP contribution in [0, 0.1) is 0 Å². The topological polar surface area (TPSA) is 33.3 Å². The van der Waals surface area contributed by atoms with Crippen LogP contribution in [0.1, 0.15) is 0 Å². The van der Waals surface area contributed by atoms with E-state index < -0.39 is 0 Å². The number of hydrogen-bond donors (Lipinski definition) is 2. The van der Waals surface area contributed by atoms with Crippen molar-refractivity contribution in [3.8, 4) is 0 Å². The first-order valence-corrected chi connectivity index (χ1v) is 2.05. The zero-order valence-corrected chi connectivity index (χ0v) is 3.53. The summed E-state index contributed by atoms with van der Waals surface area (Å²) in [6.45, 7) is 2.52. The highest BCUT2D eigenvalue weighted by Gasteiger charge is 1.91. The molecule has 0 aromatic heterocycles. The zero-order valence-electron chi connectivity index (χ0n) is 3.53. The normalized spacial score (nSPS) is 24.0. The first-order valence-electron chi connectivity index (χ1n) is 2.05. The summed E-state index contributed by atoms with van der Waals surface area (Å²) in [6.07, 6.45) is 0. The van der Waals surface area contributed by atoms with Crippen LogP contribution in [-0.2, 0) is 4.84 Å². The average Bonchev–Trinajstić information content (AvgIpc) is 1.72. The van der Waals surface area contributed by atoms with E-state index in [4.69, 9.17) is 4.84 Å². The number of hydroxylamine groups is 1. The van der Waals surface area contributed by atoms with Gasteiger partial charge in [0.15, 0.2) is 0 Å². The highest BCUT2D eigenvalue weighted by molar-refractivity contribution is 4.42. The molecule has 1 heterocycles. The van der Waals surface area contributed by atoms with Crippen LogP contribution >= 0.6 is 0 Å². The van der Waals surface area contributed by atoms with E-state index in [0.29, 0.717) is 0 Å². The minimum absolute atomic E-state index is 0.778. The first kappa shape index (κ1) is 4.05. The van der Waals surface area contributed by atoms with Crippen molar-refractivity contribution in [2.75, 3.05) is 19.8 Å². The Morgan fingerprint density at radius 1 is 1.50 bits per heavy atom. The molecule has 3 heteroatoms. The van der Waals surface area contributed by atoms with Crippen molar-refractivity contribution in [1.82, 2.24) is 10.8 Å².